The molecule has 2 aromatic carbocycles. The van der Waals surface area contributed by atoms with E-state index in [1.807, 2.05) is 0 Å². The van der Waals surface area contributed by atoms with E-state index >= 15 is 0 Å². The van der Waals surface area contributed by atoms with Crippen LogP contribution in [-0.2, 0) is 0 Å². The van der Waals surface area contributed by atoms with E-state index in [1.165, 1.54) is 17.7 Å². The average molecular weight is 410 g/mol. The number of rotatable bonds is 5. The number of carbonyl (C=O) groups is 1. The highest BCUT2D eigenvalue weighted by atomic mass is 19.1. The number of benzene rings is 2. The Labute approximate surface area is 176 Å². The van der Waals surface area contributed by atoms with Crippen molar-refractivity contribution in [2.45, 2.75) is 31.2 Å². The van der Waals surface area contributed by atoms with Gasteiger partial charge in [0.2, 0.25) is 0 Å². The van der Waals surface area contributed by atoms with Gasteiger partial charge in [0.25, 0.3) is 0 Å². The first-order valence-corrected chi connectivity index (χ1v) is 10.9. The highest BCUT2D eigenvalue weighted by Gasteiger charge is 2.52. The van der Waals surface area contributed by atoms with Gasteiger partial charge in [-0.2, -0.15) is 0 Å². The van der Waals surface area contributed by atoms with Crippen molar-refractivity contribution in [1.82, 2.24) is 9.55 Å². The lowest BCUT2D eigenvalue weighted by molar-refractivity contribution is 0.0964. The van der Waals surface area contributed by atoms with Crippen molar-refractivity contribution in [3.8, 4) is 0 Å². The average Bonchev–Trinajstić information content (AvgIpc) is 3.01. The molecule has 0 radical (unpaired) electrons. The lowest BCUT2D eigenvalue weighted by Gasteiger charge is -2.51. The molecule has 1 fully saturated rings. The molecule has 3 atom stereocenters. The Hall–Kier alpha value is -2.28. The topological polar surface area (TPSA) is 46.6 Å². The molecule has 5 rings (SSSR count). The van der Waals surface area contributed by atoms with Gasteiger partial charge in [0.1, 0.15) is 18.4 Å². The van der Waals surface area contributed by atoms with Crippen molar-refractivity contribution < 1.29 is 9.18 Å². The standard InChI is InChI=1S/C24H28FN3O2/c1-26-14-15-28(30)22-11-13-27(16-20(22)19-4-2-5-21(26)24(19)28)12-3-6-23(29)17-7-9-18(25)10-8-17/h2,4-5,7-10,20,22H,3,6,11-16H2,1H3/t20-,22-,28?/m0/s1. The molecule has 3 aliphatic heterocycles. The van der Waals surface area contributed by atoms with Gasteiger partial charge >= 0.3 is 0 Å². The number of anilines is 1. The van der Waals surface area contributed by atoms with Gasteiger partial charge in [-0.15, -0.1) is 0 Å². The van der Waals surface area contributed by atoms with Crippen molar-refractivity contribution in [2.24, 2.45) is 0 Å². The number of likely N-dealkylation sites (tertiary alicyclic amines) is 1. The third-order valence-corrected chi connectivity index (χ3v) is 7.24. The van der Waals surface area contributed by atoms with Crippen LogP contribution in [0.3, 0.4) is 0 Å². The lowest BCUT2D eigenvalue weighted by Crippen LogP contribution is -2.59. The van der Waals surface area contributed by atoms with Gasteiger partial charge in [0.15, 0.2) is 11.5 Å². The van der Waals surface area contributed by atoms with E-state index in [0.29, 0.717) is 18.5 Å². The van der Waals surface area contributed by atoms with Crippen LogP contribution in [0.1, 0.15) is 41.1 Å². The fourth-order valence-corrected chi connectivity index (χ4v) is 5.69. The van der Waals surface area contributed by atoms with Crippen LogP contribution in [0.25, 0.3) is 0 Å². The van der Waals surface area contributed by atoms with Crippen LogP contribution in [0.4, 0.5) is 15.8 Å². The molecule has 2 aromatic rings. The first-order valence-electron chi connectivity index (χ1n) is 10.9. The van der Waals surface area contributed by atoms with Gasteiger partial charge in [-0.1, -0.05) is 12.1 Å². The first kappa shape index (κ1) is 19.7. The minimum absolute atomic E-state index is 0.0601. The van der Waals surface area contributed by atoms with Gasteiger partial charge in [0.05, 0.1) is 18.2 Å². The minimum atomic E-state index is -0.322. The predicted octanol–water partition coefficient (Wildman–Crippen LogP) is 3.92. The fraction of sp³-hybridized carbons (Fsp3) is 0.458. The molecule has 6 heteroatoms. The Bertz CT molecular complexity index is 963. The maximum Gasteiger partial charge on any atom is 0.162 e. The summed E-state index contributed by atoms with van der Waals surface area (Å²) in [6.45, 7) is 4.08. The molecule has 0 aliphatic carbocycles. The number of piperidine rings is 1. The van der Waals surface area contributed by atoms with E-state index in [9.17, 15) is 14.4 Å². The largest absolute Gasteiger partial charge is 0.627 e. The molecule has 0 aromatic heterocycles. The van der Waals surface area contributed by atoms with E-state index < -0.39 is 0 Å². The van der Waals surface area contributed by atoms with Crippen LogP contribution in [0.5, 0.6) is 0 Å². The van der Waals surface area contributed by atoms with Crippen molar-refractivity contribution in [2.75, 3.05) is 44.7 Å². The van der Waals surface area contributed by atoms with Crippen molar-refractivity contribution >= 4 is 17.2 Å². The third-order valence-electron chi connectivity index (χ3n) is 7.24. The zero-order valence-electron chi connectivity index (χ0n) is 17.4. The summed E-state index contributed by atoms with van der Waals surface area (Å²) in [5.74, 6) is 0.00726. The predicted molar refractivity (Wildman–Crippen MR) is 117 cm³/mol. The summed E-state index contributed by atoms with van der Waals surface area (Å²) in [7, 11) is 2.07. The summed E-state index contributed by atoms with van der Waals surface area (Å²) in [5.41, 5.74) is 3.89. The molecule has 30 heavy (non-hydrogen) atoms. The number of fused-ring (bicyclic) bond motifs is 3. The molecule has 0 bridgehead atoms. The molecule has 1 unspecified atom stereocenters. The van der Waals surface area contributed by atoms with Crippen LogP contribution >= 0.6 is 0 Å². The second-order valence-electron chi connectivity index (χ2n) is 8.95. The Morgan fingerprint density at radius 3 is 2.80 bits per heavy atom. The van der Waals surface area contributed by atoms with Crippen LogP contribution in [0.2, 0.25) is 0 Å². The van der Waals surface area contributed by atoms with Crippen molar-refractivity contribution in [3.63, 3.8) is 0 Å². The Morgan fingerprint density at radius 2 is 2.00 bits per heavy atom. The third kappa shape index (κ3) is 3.14. The second kappa shape index (κ2) is 7.45. The first-order chi connectivity index (χ1) is 14.5. The number of hydrogen-bond donors (Lipinski definition) is 0. The monoisotopic (exact) mass is 409 g/mol. The van der Waals surface area contributed by atoms with E-state index in [4.69, 9.17) is 0 Å². The fourth-order valence-electron chi connectivity index (χ4n) is 5.69. The number of likely N-dealkylation sites (N-methyl/N-ethyl adjacent to an activating group) is 1. The van der Waals surface area contributed by atoms with Crippen molar-refractivity contribution in [3.05, 3.63) is 64.6 Å². The normalized spacial score (nSPS) is 27.6. The number of quaternary nitrogens is 1. The van der Waals surface area contributed by atoms with Crippen LogP contribution < -0.4 is 9.55 Å². The summed E-state index contributed by atoms with van der Waals surface area (Å²) in [4.78, 5) is 17.0. The molecule has 1 saturated heterocycles. The lowest BCUT2D eigenvalue weighted by atomic mass is 9.88. The molecule has 0 amide bonds. The summed E-state index contributed by atoms with van der Waals surface area (Å²) in [6.07, 6.45) is 2.14. The number of ketones is 1. The van der Waals surface area contributed by atoms with Gasteiger partial charge in [-0.3, -0.25) is 4.79 Å². The van der Waals surface area contributed by atoms with E-state index in [0.717, 1.165) is 50.4 Å². The van der Waals surface area contributed by atoms with E-state index in [1.54, 1.807) is 12.1 Å². The van der Waals surface area contributed by atoms with Crippen molar-refractivity contribution in [1.29, 1.82) is 0 Å². The molecule has 0 spiro atoms. The van der Waals surface area contributed by atoms with Crippen LogP contribution in [0.15, 0.2) is 42.5 Å². The van der Waals surface area contributed by atoms with Gasteiger partial charge < -0.3 is 19.7 Å². The Kier molecular flexibility index (Phi) is 4.88. The van der Waals surface area contributed by atoms with E-state index in [2.05, 4.69) is 35.0 Å². The SMILES string of the molecule is CN1CC[N+]2([O-])c3c(cccc31)[C@@H]1CN(CCCC(=O)c3ccc(F)cc3)CC[C@@H]12. The van der Waals surface area contributed by atoms with Crippen LogP contribution in [-0.4, -0.2) is 56.5 Å². The second-order valence-corrected chi connectivity index (χ2v) is 8.95. The van der Waals surface area contributed by atoms with Gasteiger partial charge in [0, 0.05) is 44.1 Å². The Morgan fingerprint density at radius 1 is 1.20 bits per heavy atom. The quantitative estimate of drug-likeness (QED) is 0.427. The zero-order chi connectivity index (χ0) is 20.9. The Balaban J connectivity index is 1.25. The summed E-state index contributed by atoms with van der Waals surface area (Å²) >= 11 is 0. The number of hydrogen-bond acceptors (Lipinski definition) is 4. The molecule has 3 heterocycles. The molecule has 0 saturated carbocycles. The van der Waals surface area contributed by atoms with E-state index in [-0.39, 0.29) is 28.2 Å². The maximum atomic E-state index is 13.9. The van der Waals surface area contributed by atoms with Gasteiger partial charge in [-0.05, 0) is 43.3 Å². The number of Topliss-reactive ketones (excluding diaryl/α,β-unsaturated/α-hetero) is 1. The summed E-state index contributed by atoms with van der Waals surface area (Å²) in [6, 6.07) is 12.2. The molecule has 3 aliphatic rings. The number of para-hydroxylation sites is 1. The molecule has 158 valence electrons. The highest BCUT2D eigenvalue weighted by molar-refractivity contribution is 5.95. The number of nitrogens with zero attached hydrogens (tertiary/aromatic N) is 3. The maximum absolute atomic E-state index is 13.9. The zero-order valence-corrected chi connectivity index (χ0v) is 17.4. The minimum Gasteiger partial charge on any atom is -0.627 e. The summed E-state index contributed by atoms with van der Waals surface area (Å²) in [5, 5.41) is 13.9. The number of halogens is 1. The molecule has 0 N–H and O–H groups in total. The number of carbonyl (C=O) groups excluding carboxylic acids is 1. The summed E-state index contributed by atoms with van der Waals surface area (Å²) < 4.78 is 12.9. The number of hydroxylamine groups is 2. The van der Waals surface area contributed by atoms with Gasteiger partial charge in [-0.25, -0.2) is 4.39 Å². The molecule has 5 nitrogen and oxygen atoms in total. The molecular formula is C24H28FN3O2. The molecular weight excluding hydrogens is 381 g/mol. The highest BCUT2D eigenvalue weighted by Crippen LogP contribution is 2.54. The van der Waals surface area contributed by atoms with Crippen LogP contribution in [0, 0.1) is 11.0 Å². The smallest absolute Gasteiger partial charge is 0.162 e.